The number of rotatable bonds is 4. The number of nitrogens with zero attached hydrogens (tertiary/aromatic N) is 4. The fourth-order valence-electron chi connectivity index (χ4n) is 3.94. The van der Waals surface area contributed by atoms with Crippen molar-refractivity contribution in [2.75, 3.05) is 29.5 Å². The van der Waals surface area contributed by atoms with Crippen LogP contribution < -0.4 is 14.5 Å². The number of hydrogen-bond acceptors (Lipinski definition) is 6. The second-order valence-electron chi connectivity index (χ2n) is 7.31. The SMILES string of the molecule is CCN1C(=O)COc2ccc(-c3noc([C@H]4CC(=O)N(c5ccccc5)C4)n3)cc21. The number of amides is 2. The molecule has 0 unspecified atom stereocenters. The van der Waals surface area contributed by atoms with Gasteiger partial charge in [0.2, 0.25) is 17.6 Å². The highest BCUT2D eigenvalue weighted by Crippen LogP contribution is 2.36. The number of anilines is 2. The monoisotopic (exact) mass is 404 g/mol. The summed E-state index contributed by atoms with van der Waals surface area (Å²) in [5.74, 6) is 1.31. The zero-order valence-electron chi connectivity index (χ0n) is 16.4. The maximum absolute atomic E-state index is 12.5. The van der Waals surface area contributed by atoms with E-state index in [2.05, 4.69) is 10.1 Å². The fraction of sp³-hybridized carbons (Fsp3) is 0.273. The summed E-state index contributed by atoms with van der Waals surface area (Å²) in [5.41, 5.74) is 2.29. The summed E-state index contributed by atoms with van der Waals surface area (Å²) < 4.78 is 11.0. The molecule has 30 heavy (non-hydrogen) atoms. The summed E-state index contributed by atoms with van der Waals surface area (Å²) in [6, 6.07) is 15.0. The number of carbonyl (C=O) groups is 2. The van der Waals surface area contributed by atoms with Crippen LogP contribution in [0.5, 0.6) is 5.75 Å². The topological polar surface area (TPSA) is 88.8 Å². The third-order valence-corrected chi connectivity index (χ3v) is 5.46. The Kier molecular flexibility index (Phi) is 4.46. The zero-order valence-corrected chi connectivity index (χ0v) is 16.4. The molecular weight excluding hydrogens is 384 g/mol. The lowest BCUT2D eigenvalue weighted by atomic mass is 10.1. The Bertz CT molecular complexity index is 1110. The molecule has 0 aliphatic carbocycles. The van der Waals surface area contributed by atoms with Crippen LogP contribution in [-0.4, -0.2) is 41.7 Å². The molecule has 1 saturated heterocycles. The summed E-state index contributed by atoms with van der Waals surface area (Å²) in [5, 5.41) is 4.11. The third kappa shape index (κ3) is 3.10. The molecule has 5 rings (SSSR count). The van der Waals surface area contributed by atoms with Crippen LogP contribution in [0.3, 0.4) is 0 Å². The third-order valence-electron chi connectivity index (χ3n) is 5.46. The summed E-state index contributed by atoms with van der Waals surface area (Å²) in [6.07, 6.45) is 0.326. The molecule has 1 fully saturated rings. The van der Waals surface area contributed by atoms with E-state index in [1.165, 1.54) is 0 Å². The van der Waals surface area contributed by atoms with Crippen molar-refractivity contribution in [1.29, 1.82) is 0 Å². The highest BCUT2D eigenvalue weighted by Gasteiger charge is 2.35. The Morgan fingerprint density at radius 1 is 1.10 bits per heavy atom. The Hall–Kier alpha value is -3.68. The van der Waals surface area contributed by atoms with Crippen LogP contribution in [0.15, 0.2) is 53.1 Å². The molecule has 8 nitrogen and oxygen atoms in total. The molecule has 3 aromatic rings. The predicted molar refractivity (Wildman–Crippen MR) is 109 cm³/mol. The number of benzene rings is 2. The van der Waals surface area contributed by atoms with Gasteiger partial charge in [-0.05, 0) is 37.3 Å². The molecule has 1 atom stereocenters. The van der Waals surface area contributed by atoms with Gasteiger partial charge in [0, 0.05) is 30.8 Å². The van der Waals surface area contributed by atoms with Crippen molar-refractivity contribution in [2.45, 2.75) is 19.3 Å². The van der Waals surface area contributed by atoms with Gasteiger partial charge in [0.1, 0.15) is 5.75 Å². The highest BCUT2D eigenvalue weighted by molar-refractivity contribution is 5.98. The van der Waals surface area contributed by atoms with Crippen molar-refractivity contribution < 1.29 is 18.8 Å². The van der Waals surface area contributed by atoms with E-state index in [1.54, 1.807) is 9.80 Å². The summed E-state index contributed by atoms with van der Waals surface area (Å²) in [6.45, 7) is 3.01. The molecule has 0 bridgehead atoms. The standard InChI is InChI=1S/C22H20N4O4/c1-2-25-17-10-14(8-9-18(17)29-13-20(25)28)21-23-22(30-24-21)15-11-19(27)26(12-15)16-6-4-3-5-7-16/h3-10,15H,2,11-13H2,1H3/t15-/m0/s1. The molecule has 152 valence electrons. The lowest BCUT2D eigenvalue weighted by Crippen LogP contribution is -2.38. The van der Waals surface area contributed by atoms with Crippen LogP contribution in [0.25, 0.3) is 11.4 Å². The molecule has 8 heteroatoms. The lowest BCUT2D eigenvalue weighted by molar-refractivity contribution is -0.121. The first-order valence-electron chi connectivity index (χ1n) is 9.90. The average molecular weight is 404 g/mol. The lowest BCUT2D eigenvalue weighted by Gasteiger charge is -2.28. The van der Waals surface area contributed by atoms with E-state index >= 15 is 0 Å². The quantitative estimate of drug-likeness (QED) is 0.664. The van der Waals surface area contributed by atoms with Crippen molar-refractivity contribution in [2.24, 2.45) is 0 Å². The van der Waals surface area contributed by atoms with E-state index in [9.17, 15) is 9.59 Å². The number of ether oxygens (including phenoxy) is 1. The van der Waals surface area contributed by atoms with Crippen LogP contribution >= 0.6 is 0 Å². The van der Waals surface area contributed by atoms with Gasteiger partial charge < -0.3 is 19.1 Å². The number of likely N-dealkylation sites (N-methyl/N-ethyl adjacent to an activating group) is 1. The van der Waals surface area contributed by atoms with Crippen LogP contribution in [0.2, 0.25) is 0 Å². The second kappa shape index (κ2) is 7.29. The molecule has 0 saturated carbocycles. The largest absolute Gasteiger partial charge is 0.482 e. The number of aromatic nitrogens is 2. The van der Waals surface area contributed by atoms with E-state index < -0.39 is 0 Å². The van der Waals surface area contributed by atoms with Crippen molar-refractivity contribution in [3.63, 3.8) is 0 Å². The molecule has 0 N–H and O–H groups in total. The Labute approximate surface area is 173 Å². The molecule has 2 aliphatic rings. The maximum atomic E-state index is 12.5. The smallest absolute Gasteiger partial charge is 0.265 e. The van der Waals surface area contributed by atoms with E-state index in [0.29, 0.717) is 42.7 Å². The van der Waals surface area contributed by atoms with Gasteiger partial charge in [-0.25, -0.2) is 0 Å². The summed E-state index contributed by atoms with van der Waals surface area (Å²) in [7, 11) is 0. The summed E-state index contributed by atoms with van der Waals surface area (Å²) >= 11 is 0. The highest BCUT2D eigenvalue weighted by atomic mass is 16.5. The minimum Gasteiger partial charge on any atom is -0.482 e. The summed E-state index contributed by atoms with van der Waals surface area (Å²) in [4.78, 5) is 32.6. The van der Waals surface area contributed by atoms with Gasteiger partial charge >= 0.3 is 0 Å². The molecule has 2 amide bonds. The van der Waals surface area contributed by atoms with Crippen molar-refractivity contribution in [3.8, 4) is 17.1 Å². The zero-order chi connectivity index (χ0) is 20.7. The predicted octanol–water partition coefficient (Wildman–Crippen LogP) is 3.00. The Morgan fingerprint density at radius 2 is 1.93 bits per heavy atom. The minimum atomic E-state index is -0.159. The number of carbonyl (C=O) groups excluding carboxylic acids is 2. The normalized spacial score (nSPS) is 18.5. The number of para-hydroxylation sites is 1. The van der Waals surface area contributed by atoms with Gasteiger partial charge in [-0.2, -0.15) is 4.98 Å². The minimum absolute atomic E-state index is 0.0361. The number of hydrogen-bond donors (Lipinski definition) is 0. The van der Waals surface area contributed by atoms with Crippen molar-refractivity contribution in [1.82, 2.24) is 10.1 Å². The van der Waals surface area contributed by atoms with Gasteiger partial charge in [0.15, 0.2) is 6.61 Å². The van der Waals surface area contributed by atoms with Gasteiger partial charge in [-0.1, -0.05) is 23.4 Å². The molecule has 3 heterocycles. The van der Waals surface area contributed by atoms with Gasteiger partial charge in [0.05, 0.1) is 11.6 Å². The molecule has 0 spiro atoms. The Balaban J connectivity index is 1.40. The first kappa shape index (κ1) is 18.4. The van der Waals surface area contributed by atoms with Crippen molar-refractivity contribution in [3.05, 3.63) is 54.4 Å². The van der Waals surface area contributed by atoms with Crippen LogP contribution in [-0.2, 0) is 9.59 Å². The second-order valence-corrected chi connectivity index (χ2v) is 7.31. The maximum Gasteiger partial charge on any atom is 0.265 e. The van der Waals surface area contributed by atoms with E-state index in [1.807, 2.05) is 55.5 Å². The van der Waals surface area contributed by atoms with Crippen LogP contribution in [0.4, 0.5) is 11.4 Å². The van der Waals surface area contributed by atoms with Crippen LogP contribution in [0.1, 0.15) is 25.2 Å². The first-order chi connectivity index (χ1) is 14.6. The average Bonchev–Trinajstić information content (AvgIpc) is 3.41. The van der Waals surface area contributed by atoms with Gasteiger partial charge in [-0.3, -0.25) is 9.59 Å². The van der Waals surface area contributed by atoms with Gasteiger partial charge in [0.25, 0.3) is 5.91 Å². The fourth-order valence-corrected chi connectivity index (χ4v) is 3.94. The van der Waals surface area contributed by atoms with Crippen LogP contribution in [0, 0.1) is 0 Å². The number of fused-ring (bicyclic) bond motifs is 1. The van der Waals surface area contributed by atoms with E-state index in [-0.39, 0.29) is 24.3 Å². The van der Waals surface area contributed by atoms with E-state index in [0.717, 1.165) is 11.3 Å². The Morgan fingerprint density at radius 3 is 2.73 bits per heavy atom. The molecular formula is C22H20N4O4. The van der Waals surface area contributed by atoms with Gasteiger partial charge in [-0.15, -0.1) is 0 Å². The van der Waals surface area contributed by atoms with Crippen molar-refractivity contribution >= 4 is 23.2 Å². The van der Waals surface area contributed by atoms with E-state index in [4.69, 9.17) is 9.26 Å². The first-order valence-corrected chi connectivity index (χ1v) is 9.90. The molecule has 0 radical (unpaired) electrons. The molecule has 1 aromatic heterocycles. The molecule has 2 aromatic carbocycles. The molecule has 2 aliphatic heterocycles.